The number of halogens is 1. The van der Waals surface area contributed by atoms with Crippen molar-refractivity contribution < 1.29 is 4.39 Å². The third kappa shape index (κ3) is 4.73. The van der Waals surface area contributed by atoms with Gasteiger partial charge in [0.25, 0.3) is 5.56 Å². The van der Waals surface area contributed by atoms with E-state index in [0.29, 0.717) is 35.7 Å². The molecule has 2 heterocycles. The highest BCUT2D eigenvalue weighted by atomic mass is 19.1. The Labute approximate surface area is 185 Å². The molecule has 0 fully saturated rings. The fraction of sp³-hybridized carbons (Fsp3) is 0.160. The van der Waals surface area contributed by atoms with E-state index in [0.717, 1.165) is 11.1 Å². The summed E-state index contributed by atoms with van der Waals surface area (Å²) in [5.74, 6) is 0.0471. The predicted octanol–water partition coefficient (Wildman–Crippen LogP) is 3.63. The standard InChI is InChI=1S/C25H24FN5O/c1-31-24(32)22(18-7-9-20(26)10-8-18)23(19-11-13-28-14-12-19)30-25(31)29-16-21(27)15-17-5-3-2-4-6-17/h2-14,21H,15-16,27H2,1H3,(H,29,30). The maximum atomic E-state index is 13.5. The molecule has 0 aliphatic heterocycles. The number of hydrogen-bond acceptors (Lipinski definition) is 5. The van der Waals surface area contributed by atoms with E-state index in [9.17, 15) is 9.18 Å². The van der Waals surface area contributed by atoms with E-state index >= 15 is 0 Å². The van der Waals surface area contributed by atoms with Crippen molar-refractivity contribution >= 4 is 5.95 Å². The molecular weight excluding hydrogens is 405 g/mol. The second-order valence-corrected chi connectivity index (χ2v) is 7.60. The first-order valence-electron chi connectivity index (χ1n) is 10.3. The van der Waals surface area contributed by atoms with Crippen LogP contribution in [-0.4, -0.2) is 27.1 Å². The van der Waals surface area contributed by atoms with Crippen LogP contribution < -0.4 is 16.6 Å². The monoisotopic (exact) mass is 429 g/mol. The Bertz CT molecular complexity index is 1240. The molecule has 162 valence electrons. The number of nitrogens with zero attached hydrogens (tertiary/aromatic N) is 3. The van der Waals surface area contributed by atoms with Crippen molar-refractivity contribution in [1.82, 2.24) is 14.5 Å². The summed E-state index contributed by atoms with van der Waals surface area (Å²) in [7, 11) is 1.66. The first-order chi connectivity index (χ1) is 15.5. The van der Waals surface area contributed by atoms with Gasteiger partial charge in [0.05, 0.1) is 11.3 Å². The Morgan fingerprint density at radius 3 is 2.38 bits per heavy atom. The molecular formula is C25H24FN5O. The molecule has 0 aliphatic carbocycles. The molecule has 1 atom stereocenters. The average molecular weight is 429 g/mol. The van der Waals surface area contributed by atoms with Crippen molar-refractivity contribution in [3.8, 4) is 22.4 Å². The minimum absolute atomic E-state index is 0.157. The number of aromatic nitrogens is 3. The van der Waals surface area contributed by atoms with Crippen molar-refractivity contribution in [2.45, 2.75) is 12.5 Å². The van der Waals surface area contributed by atoms with Crippen LogP contribution in [0, 0.1) is 5.82 Å². The Hall–Kier alpha value is -3.84. The largest absolute Gasteiger partial charge is 0.354 e. The summed E-state index contributed by atoms with van der Waals surface area (Å²) < 4.78 is 14.9. The molecule has 7 heteroatoms. The van der Waals surface area contributed by atoms with Crippen LogP contribution in [-0.2, 0) is 13.5 Å². The highest BCUT2D eigenvalue weighted by molar-refractivity contribution is 5.80. The van der Waals surface area contributed by atoms with Crippen molar-refractivity contribution in [3.63, 3.8) is 0 Å². The quantitative estimate of drug-likeness (QED) is 0.469. The Kier molecular flexibility index (Phi) is 6.37. The normalized spacial score (nSPS) is 11.8. The Morgan fingerprint density at radius 2 is 1.69 bits per heavy atom. The molecule has 0 spiro atoms. The average Bonchev–Trinajstić information content (AvgIpc) is 2.82. The topological polar surface area (TPSA) is 85.8 Å². The van der Waals surface area contributed by atoms with Gasteiger partial charge in [-0.15, -0.1) is 0 Å². The summed E-state index contributed by atoms with van der Waals surface area (Å²) in [6, 6.07) is 19.3. The molecule has 32 heavy (non-hydrogen) atoms. The van der Waals surface area contributed by atoms with Gasteiger partial charge in [0, 0.05) is 37.6 Å². The molecule has 0 bridgehead atoms. The number of benzene rings is 2. The summed E-state index contributed by atoms with van der Waals surface area (Å²) in [4.78, 5) is 22.2. The summed E-state index contributed by atoms with van der Waals surface area (Å²) in [5, 5.41) is 3.22. The lowest BCUT2D eigenvalue weighted by molar-refractivity contribution is 0.628. The van der Waals surface area contributed by atoms with Crippen molar-refractivity contribution in [2.75, 3.05) is 11.9 Å². The number of nitrogens with one attached hydrogen (secondary N) is 1. The van der Waals surface area contributed by atoms with E-state index in [2.05, 4.69) is 10.3 Å². The van der Waals surface area contributed by atoms with E-state index < -0.39 is 0 Å². The molecule has 4 aromatic rings. The van der Waals surface area contributed by atoms with E-state index in [1.165, 1.54) is 16.7 Å². The molecule has 2 aromatic heterocycles. The molecule has 2 aromatic carbocycles. The van der Waals surface area contributed by atoms with Gasteiger partial charge >= 0.3 is 0 Å². The Balaban J connectivity index is 1.69. The van der Waals surface area contributed by atoms with E-state index in [1.54, 1.807) is 43.7 Å². The van der Waals surface area contributed by atoms with E-state index in [4.69, 9.17) is 10.7 Å². The smallest absolute Gasteiger partial charge is 0.263 e. The van der Waals surface area contributed by atoms with Gasteiger partial charge in [-0.1, -0.05) is 42.5 Å². The fourth-order valence-electron chi connectivity index (χ4n) is 3.57. The van der Waals surface area contributed by atoms with Gasteiger partial charge in [-0.25, -0.2) is 9.37 Å². The van der Waals surface area contributed by atoms with Crippen LogP contribution in [0.15, 0.2) is 83.9 Å². The van der Waals surface area contributed by atoms with E-state index in [1.807, 2.05) is 30.3 Å². The zero-order valence-electron chi connectivity index (χ0n) is 17.7. The lowest BCUT2D eigenvalue weighted by atomic mass is 10.0. The van der Waals surface area contributed by atoms with Crippen molar-refractivity contribution in [3.05, 3.63) is 101 Å². The van der Waals surface area contributed by atoms with Gasteiger partial charge in [-0.05, 0) is 41.8 Å². The number of pyridine rings is 1. The summed E-state index contributed by atoms with van der Waals surface area (Å²) >= 11 is 0. The highest BCUT2D eigenvalue weighted by Crippen LogP contribution is 2.28. The Morgan fingerprint density at radius 1 is 1.00 bits per heavy atom. The minimum Gasteiger partial charge on any atom is -0.354 e. The third-order valence-corrected chi connectivity index (χ3v) is 5.24. The molecule has 0 radical (unpaired) electrons. The van der Waals surface area contributed by atoms with Gasteiger partial charge in [-0.2, -0.15) is 0 Å². The van der Waals surface area contributed by atoms with E-state index in [-0.39, 0.29) is 17.4 Å². The SMILES string of the molecule is Cn1c(NCC(N)Cc2ccccc2)nc(-c2ccncc2)c(-c2ccc(F)cc2)c1=O. The lowest BCUT2D eigenvalue weighted by Gasteiger charge is -2.18. The predicted molar refractivity (Wildman–Crippen MR) is 125 cm³/mol. The molecule has 4 rings (SSSR count). The van der Waals surface area contributed by atoms with Gasteiger partial charge in [-0.3, -0.25) is 14.3 Å². The molecule has 3 N–H and O–H groups in total. The van der Waals surface area contributed by atoms with Crippen molar-refractivity contribution in [1.29, 1.82) is 0 Å². The van der Waals surface area contributed by atoms with Gasteiger partial charge in [0.15, 0.2) is 0 Å². The highest BCUT2D eigenvalue weighted by Gasteiger charge is 2.18. The van der Waals surface area contributed by atoms with Crippen molar-refractivity contribution in [2.24, 2.45) is 12.8 Å². The number of rotatable bonds is 7. The molecule has 6 nitrogen and oxygen atoms in total. The number of nitrogens with two attached hydrogens (primary N) is 1. The second-order valence-electron chi connectivity index (χ2n) is 7.60. The molecule has 0 aliphatic rings. The van der Waals surface area contributed by atoms with Crippen LogP contribution in [0.3, 0.4) is 0 Å². The lowest BCUT2D eigenvalue weighted by Crippen LogP contribution is -2.34. The number of hydrogen-bond donors (Lipinski definition) is 2. The van der Waals surface area contributed by atoms with Crippen LogP contribution in [0.4, 0.5) is 10.3 Å². The maximum Gasteiger partial charge on any atom is 0.263 e. The van der Waals surface area contributed by atoms with Crippen LogP contribution in [0.2, 0.25) is 0 Å². The zero-order chi connectivity index (χ0) is 22.5. The van der Waals surface area contributed by atoms with Crippen LogP contribution >= 0.6 is 0 Å². The van der Waals surface area contributed by atoms with Gasteiger partial charge in [0.2, 0.25) is 5.95 Å². The molecule has 0 saturated carbocycles. The maximum absolute atomic E-state index is 13.5. The van der Waals surface area contributed by atoms with Gasteiger partial charge < -0.3 is 11.1 Å². The van der Waals surface area contributed by atoms with Crippen LogP contribution in [0.1, 0.15) is 5.56 Å². The van der Waals surface area contributed by atoms with Crippen LogP contribution in [0.25, 0.3) is 22.4 Å². The fourth-order valence-corrected chi connectivity index (χ4v) is 3.57. The number of anilines is 1. The summed E-state index contributed by atoms with van der Waals surface area (Å²) in [5.41, 5.74) is 9.45. The molecule has 0 saturated heterocycles. The van der Waals surface area contributed by atoms with Crippen LogP contribution in [0.5, 0.6) is 0 Å². The molecule has 1 unspecified atom stereocenters. The van der Waals surface area contributed by atoms with Gasteiger partial charge in [0.1, 0.15) is 5.82 Å². The first-order valence-corrected chi connectivity index (χ1v) is 10.3. The second kappa shape index (κ2) is 9.53. The minimum atomic E-state index is -0.366. The zero-order valence-corrected chi connectivity index (χ0v) is 17.7. The summed E-state index contributed by atoms with van der Waals surface area (Å²) in [6.07, 6.45) is 3.99. The first kappa shape index (κ1) is 21.4. The molecule has 0 amide bonds. The third-order valence-electron chi connectivity index (χ3n) is 5.24. The summed E-state index contributed by atoms with van der Waals surface area (Å²) in [6.45, 7) is 0.445.